The number of aliphatic hydroxyl groups is 1. The van der Waals surface area contributed by atoms with Gasteiger partial charge in [-0.25, -0.2) is 0 Å². The normalized spacial score (nSPS) is 18.8. The smallest absolute Gasteiger partial charge is 0.0976 e. The number of benzene rings is 4. The minimum absolute atomic E-state index is 0.185. The largest absolute Gasteiger partial charge is 0.396 e. The van der Waals surface area contributed by atoms with Crippen molar-refractivity contribution in [1.82, 2.24) is 4.90 Å². The van der Waals surface area contributed by atoms with Gasteiger partial charge in [0.05, 0.1) is 5.54 Å². The Kier molecular flexibility index (Phi) is 5.89. The van der Waals surface area contributed by atoms with Gasteiger partial charge in [0.25, 0.3) is 0 Å². The van der Waals surface area contributed by atoms with Crippen LogP contribution in [0, 0.1) is 5.92 Å². The highest BCUT2D eigenvalue weighted by atomic mass is 16.3. The minimum atomic E-state index is -0.390. The summed E-state index contributed by atoms with van der Waals surface area (Å²) < 4.78 is 0. The minimum Gasteiger partial charge on any atom is -0.396 e. The molecule has 1 aliphatic heterocycles. The molecule has 1 N–H and O–H groups in total. The fourth-order valence-corrected chi connectivity index (χ4v) is 5.22. The molecule has 0 aliphatic carbocycles. The predicted molar refractivity (Wildman–Crippen MR) is 130 cm³/mol. The van der Waals surface area contributed by atoms with Crippen LogP contribution in [0.3, 0.4) is 0 Å². The van der Waals surface area contributed by atoms with Crippen LogP contribution in [-0.4, -0.2) is 29.2 Å². The first-order chi connectivity index (χ1) is 15.8. The summed E-state index contributed by atoms with van der Waals surface area (Å²) in [5, 5.41) is 10.4. The zero-order valence-electron chi connectivity index (χ0n) is 18.2. The van der Waals surface area contributed by atoms with E-state index in [1.165, 1.54) is 22.3 Å². The Hall–Kier alpha value is -3.20. The van der Waals surface area contributed by atoms with Crippen molar-refractivity contribution < 1.29 is 5.11 Å². The van der Waals surface area contributed by atoms with Gasteiger partial charge in [0.1, 0.15) is 0 Å². The Morgan fingerprint density at radius 2 is 1.06 bits per heavy atom. The summed E-state index contributed by atoms with van der Waals surface area (Å²) in [6.07, 6.45) is 0.882. The van der Waals surface area contributed by atoms with E-state index in [-0.39, 0.29) is 12.5 Å². The third-order valence-electron chi connectivity index (χ3n) is 6.78. The van der Waals surface area contributed by atoms with Crippen LogP contribution in [-0.2, 0) is 12.0 Å². The number of nitrogens with zero attached hydrogens (tertiary/aromatic N) is 1. The highest BCUT2D eigenvalue weighted by molar-refractivity contribution is 5.51. The van der Waals surface area contributed by atoms with Crippen molar-refractivity contribution in [3.05, 3.63) is 144 Å². The van der Waals surface area contributed by atoms with Gasteiger partial charge in [0.2, 0.25) is 0 Å². The van der Waals surface area contributed by atoms with Crippen molar-refractivity contribution in [3.8, 4) is 0 Å². The van der Waals surface area contributed by atoms with E-state index >= 15 is 0 Å². The second kappa shape index (κ2) is 9.12. The van der Waals surface area contributed by atoms with E-state index in [0.29, 0.717) is 6.04 Å². The molecule has 1 heterocycles. The fourth-order valence-electron chi connectivity index (χ4n) is 5.22. The van der Waals surface area contributed by atoms with E-state index < -0.39 is 5.54 Å². The quantitative estimate of drug-likeness (QED) is 0.300. The van der Waals surface area contributed by atoms with E-state index in [0.717, 1.165) is 13.0 Å². The Morgan fingerprint density at radius 3 is 1.47 bits per heavy atom. The van der Waals surface area contributed by atoms with Crippen LogP contribution in [0.1, 0.15) is 22.3 Å². The summed E-state index contributed by atoms with van der Waals surface area (Å²) in [4.78, 5) is 2.58. The molecule has 0 bridgehead atoms. The van der Waals surface area contributed by atoms with E-state index in [1.807, 2.05) is 6.07 Å². The zero-order chi connectivity index (χ0) is 21.8. The lowest BCUT2D eigenvalue weighted by Gasteiger charge is -2.39. The number of hydrogen-bond donors (Lipinski definition) is 1. The average Bonchev–Trinajstić information content (AvgIpc) is 3.67. The molecule has 2 heteroatoms. The molecule has 0 spiro atoms. The van der Waals surface area contributed by atoms with Crippen LogP contribution in [0.25, 0.3) is 0 Å². The summed E-state index contributed by atoms with van der Waals surface area (Å²) in [6.45, 7) is 1.14. The van der Waals surface area contributed by atoms with Crippen LogP contribution < -0.4 is 0 Å². The lowest BCUT2D eigenvalue weighted by Crippen LogP contribution is -2.40. The molecular formula is C30H29NO. The molecule has 1 fully saturated rings. The van der Waals surface area contributed by atoms with Gasteiger partial charge >= 0.3 is 0 Å². The summed E-state index contributed by atoms with van der Waals surface area (Å²) >= 11 is 0. The summed E-state index contributed by atoms with van der Waals surface area (Å²) in [7, 11) is 0. The van der Waals surface area contributed by atoms with E-state index in [4.69, 9.17) is 0 Å². The standard InChI is InChI=1S/C30H29NO/c32-23-25(21-24-13-5-1-6-14-24)29-22-31(29)30(26-15-7-2-8-16-26,27-17-9-3-10-18-27)28-19-11-4-12-20-28/h1-20,25,29,32H,21-23H2/t25-,29-,31?/m1/s1. The topological polar surface area (TPSA) is 23.2 Å². The molecule has 1 aliphatic rings. The van der Waals surface area contributed by atoms with Crippen LogP contribution >= 0.6 is 0 Å². The van der Waals surface area contributed by atoms with E-state index in [9.17, 15) is 5.11 Å². The summed E-state index contributed by atoms with van der Waals surface area (Å²) in [5.41, 5.74) is 4.67. The first kappa shape index (κ1) is 20.7. The first-order valence-corrected chi connectivity index (χ1v) is 11.4. The van der Waals surface area contributed by atoms with Crippen LogP contribution in [0.2, 0.25) is 0 Å². The predicted octanol–water partition coefficient (Wildman–Crippen LogP) is 5.51. The Balaban J connectivity index is 1.61. The Bertz CT molecular complexity index is 1020. The Labute approximate surface area is 190 Å². The molecular weight excluding hydrogens is 390 g/mol. The van der Waals surface area contributed by atoms with Crippen molar-refractivity contribution >= 4 is 0 Å². The third kappa shape index (κ3) is 3.77. The molecule has 0 amide bonds. The van der Waals surface area contributed by atoms with Gasteiger partial charge in [-0.2, -0.15) is 0 Å². The van der Waals surface area contributed by atoms with Crippen molar-refractivity contribution in [2.75, 3.05) is 13.2 Å². The third-order valence-corrected chi connectivity index (χ3v) is 6.78. The summed E-state index contributed by atoms with van der Waals surface area (Å²) in [5.74, 6) is 0.188. The lowest BCUT2D eigenvalue weighted by atomic mass is 9.76. The highest BCUT2D eigenvalue weighted by Crippen LogP contribution is 2.50. The molecule has 0 aromatic heterocycles. The van der Waals surface area contributed by atoms with E-state index in [1.54, 1.807) is 0 Å². The fraction of sp³-hybridized carbons (Fsp3) is 0.200. The van der Waals surface area contributed by atoms with Crippen LogP contribution in [0.4, 0.5) is 0 Å². The van der Waals surface area contributed by atoms with Crippen LogP contribution in [0.5, 0.6) is 0 Å². The maximum absolute atomic E-state index is 10.4. The second-order valence-corrected chi connectivity index (χ2v) is 8.66. The Morgan fingerprint density at radius 1 is 0.656 bits per heavy atom. The van der Waals surface area contributed by atoms with Crippen molar-refractivity contribution in [1.29, 1.82) is 0 Å². The molecule has 1 saturated heterocycles. The van der Waals surface area contributed by atoms with Crippen molar-refractivity contribution in [2.45, 2.75) is 18.0 Å². The van der Waals surface area contributed by atoms with Crippen molar-refractivity contribution in [2.24, 2.45) is 5.92 Å². The molecule has 4 aromatic rings. The summed E-state index contributed by atoms with van der Waals surface area (Å²) in [6, 6.07) is 43.3. The number of rotatable bonds is 8. The first-order valence-electron chi connectivity index (χ1n) is 11.4. The van der Waals surface area contributed by atoms with Gasteiger partial charge in [-0.1, -0.05) is 121 Å². The van der Waals surface area contributed by atoms with Gasteiger partial charge in [-0.05, 0) is 28.7 Å². The molecule has 2 nitrogen and oxygen atoms in total. The SMILES string of the molecule is OC[C@@H](Cc1ccccc1)[C@H]1CN1C(c1ccccc1)(c1ccccc1)c1ccccc1. The molecule has 4 aromatic carbocycles. The van der Waals surface area contributed by atoms with Gasteiger partial charge in [0.15, 0.2) is 0 Å². The molecule has 5 rings (SSSR count). The molecule has 3 atom stereocenters. The van der Waals surface area contributed by atoms with Gasteiger partial charge < -0.3 is 5.11 Å². The van der Waals surface area contributed by atoms with E-state index in [2.05, 4.69) is 120 Å². The van der Waals surface area contributed by atoms with Gasteiger partial charge in [-0.15, -0.1) is 0 Å². The maximum atomic E-state index is 10.4. The monoisotopic (exact) mass is 419 g/mol. The van der Waals surface area contributed by atoms with Crippen molar-refractivity contribution in [3.63, 3.8) is 0 Å². The maximum Gasteiger partial charge on any atom is 0.0976 e. The molecule has 1 unspecified atom stereocenters. The molecule has 0 radical (unpaired) electrons. The van der Waals surface area contributed by atoms with Crippen LogP contribution in [0.15, 0.2) is 121 Å². The molecule has 32 heavy (non-hydrogen) atoms. The van der Waals surface area contributed by atoms with Gasteiger partial charge in [0, 0.05) is 25.1 Å². The highest BCUT2D eigenvalue weighted by Gasteiger charge is 2.55. The average molecular weight is 420 g/mol. The van der Waals surface area contributed by atoms with Gasteiger partial charge in [-0.3, -0.25) is 4.90 Å². The number of aliphatic hydroxyl groups excluding tert-OH is 1. The number of hydrogen-bond acceptors (Lipinski definition) is 2. The zero-order valence-corrected chi connectivity index (χ0v) is 18.2. The lowest BCUT2D eigenvalue weighted by molar-refractivity contribution is 0.193. The second-order valence-electron chi connectivity index (χ2n) is 8.66. The molecule has 0 saturated carbocycles. The molecule has 160 valence electrons.